The Morgan fingerprint density at radius 2 is 1.58 bits per heavy atom. The van der Waals surface area contributed by atoms with Gasteiger partial charge in [0, 0.05) is 12.1 Å². The van der Waals surface area contributed by atoms with Crippen LogP contribution in [0.15, 0.2) is 48.7 Å². The number of hydrogen-bond donors (Lipinski definition) is 0. The van der Waals surface area contributed by atoms with Gasteiger partial charge in [0.1, 0.15) is 0 Å². The molecule has 2 aromatic rings. The van der Waals surface area contributed by atoms with Gasteiger partial charge < -0.3 is 4.74 Å². The summed E-state index contributed by atoms with van der Waals surface area (Å²) in [7, 11) is 0. The number of nitrogens with zero attached hydrogens (tertiary/aromatic N) is 3. The highest BCUT2D eigenvalue weighted by atomic mass is 16.6. The zero-order valence-corrected chi connectivity index (χ0v) is 12.8. The molecular weight excluding hydrogens is 350 g/mol. The maximum absolute atomic E-state index is 12.1. The quantitative estimate of drug-likeness (QED) is 0.330. The molecule has 132 valence electrons. The van der Waals surface area contributed by atoms with Crippen LogP contribution >= 0.6 is 0 Å². The van der Waals surface area contributed by atoms with E-state index in [4.69, 9.17) is 4.74 Å². The van der Waals surface area contributed by atoms with E-state index < -0.39 is 37.9 Å². The summed E-state index contributed by atoms with van der Waals surface area (Å²) in [5.74, 6) is -1.37. The van der Waals surface area contributed by atoms with E-state index in [1.165, 1.54) is 30.3 Å². The average Bonchev–Trinajstić information content (AvgIpc) is 2.60. The van der Waals surface area contributed by atoms with Gasteiger partial charge in [0.2, 0.25) is 11.9 Å². The minimum Gasteiger partial charge on any atom is -0.416 e. The number of non-ortho nitro benzene ring substituents is 1. The fraction of sp³-hybridized carbons (Fsp3) is 0. The fourth-order valence-corrected chi connectivity index (χ4v) is 1.88. The maximum Gasteiger partial charge on any atom is 0.343 e. The highest BCUT2D eigenvalue weighted by Crippen LogP contribution is 2.31. The maximum atomic E-state index is 12.1. The lowest BCUT2D eigenvalue weighted by atomic mass is 10.1. The van der Waals surface area contributed by atoms with E-state index in [0.717, 1.165) is 18.3 Å². The smallest absolute Gasteiger partial charge is 0.343 e. The van der Waals surface area contributed by atoms with Crippen LogP contribution in [-0.4, -0.2) is 20.7 Å². The van der Waals surface area contributed by atoms with Gasteiger partial charge in [0.25, 0.3) is 5.69 Å². The molecular formula is C15H9N3O8. The van der Waals surface area contributed by atoms with Gasteiger partial charge in [0.05, 0.1) is 26.4 Å². The second-order valence-electron chi connectivity index (χ2n) is 4.78. The first-order chi connectivity index (χ1) is 12.3. The Bertz CT molecular complexity index is 921. The van der Waals surface area contributed by atoms with E-state index in [9.17, 15) is 35.1 Å². The van der Waals surface area contributed by atoms with Crippen molar-refractivity contribution in [3.8, 4) is 5.75 Å². The van der Waals surface area contributed by atoms with Gasteiger partial charge in [0.15, 0.2) is 0 Å². The van der Waals surface area contributed by atoms with Crippen molar-refractivity contribution in [3.05, 3.63) is 90.1 Å². The molecule has 2 aromatic carbocycles. The van der Waals surface area contributed by atoms with Crippen molar-refractivity contribution in [3.63, 3.8) is 0 Å². The molecule has 0 spiro atoms. The van der Waals surface area contributed by atoms with Crippen LogP contribution in [0.2, 0.25) is 0 Å². The molecule has 0 aliphatic heterocycles. The third kappa shape index (κ3) is 4.44. The summed E-state index contributed by atoms with van der Waals surface area (Å²) in [6.45, 7) is 0. The molecule has 0 unspecified atom stereocenters. The van der Waals surface area contributed by atoms with Crippen molar-refractivity contribution in [1.82, 2.24) is 0 Å². The molecule has 0 aromatic heterocycles. The Morgan fingerprint density at radius 3 is 2.12 bits per heavy atom. The Hall–Kier alpha value is -4.15. The number of esters is 1. The fourth-order valence-electron chi connectivity index (χ4n) is 1.88. The first kappa shape index (κ1) is 18.2. The van der Waals surface area contributed by atoms with E-state index in [2.05, 4.69) is 0 Å². The molecule has 0 aliphatic carbocycles. The van der Waals surface area contributed by atoms with Gasteiger partial charge in [-0.25, -0.2) is 4.79 Å². The standard InChI is InChI=1S/C15H9N3O8/c19-15(11-3-1-10(2-4-11)7-8-16(20)21)26-14-6-5-12(17(22)23)9-13(14)18(24)25/h1-9H. The molecule has 0 atom stereocenters. The van der Waals surface area contributed by atoms with Crippen molar-refractivity contribution in [2.24, 2.45) is 0 Å². The van der Waals surface area contributed by atoms with Gasteiger partial charge in [-0.15, -0.1) is 0 Å². The lowest BCUT2D eigenvalue weighted by Gasteiger charge is -2.05. The number of rotatable bonds is 6. The van der Waals surface area contributed by atoms with Gasteiger partial charge in [-0.1, -0.05) is 12.1 Å². The van der Waals surface area contributed by atoms with E-state index in [0.29, 0.717) is 11.6 Å². The molecule has 0 bridgehead atoms. The van der Waals surface area contributed by atoms with Crippen LogP contribution in [0.25, 0.3) is 6.08 Å². The molecule has 0 saturated heterocycles. The predicted molar refractivity (Wildman–Crippen MR) is 87.2 cm³/mol. The molecule has 0 fully saturated rings. The molecule has 0 amide bonds. The van der Waals surface area contributed by atoms with Gasteiger partial charge in [-0.05, 0) is 23.8 Å². The second-order valence-corrected chi connectivity index (χ2v) is 4.78. The summed E-state index contributed by atoms with van der Waals surface area (Å²) in [6, 6.07) is 8.09. The monoisotopic (exact) mass is 359 g/mol. The van der Waals surface area contributed by atoms with Crippen molar-refractivity contribution < 1.29 is 24.3 Å². The highest BCUT2D eigenvalue weighted by molar-refractivity contribution is 5.91. The third-order valence-electron chi connectivity index (χ3n) is 3.09. The number of carbonyl (C=O) groups excluding carboxylic acids is 1. The summed E-state index contributed by atoms with van der Waals surface area (Å²) in [4.78, 5) is 41.7. The summed E-state index contributed by atoms with van der Waals surface area (Å²) in [5, 5.41) is 32.0. The second kappa shape index (κ2) is 7.61. The Labute approximate surface area is 144 Å². The van der Waals surface area contributed by atoms with Crippen LogP contribution < -0.4 is 4.74 Å². The molecule has 11 heteroatoms. The molecule has 0 aliphatic rings. The van der Waals surface area contributed by atoms with Crippen molar-refractivity contribution in [2.75, 3.05) is 0 Å². The predicted octanol–water partition coefficient (Wildman–Crippen LogP) is 2.97. The molecule has 2 rings (SSSR count). The summed E-state index contributed by atoms with van der Waals surface area (Å²) >= 11 is 0. The summed E-state index contributed by atoms with van der Waals surface area (Å²) < 4.78 is 4.94. The SMILES string of the molecule is O=C(Oc1ccc([N+](=O)[O-])cc1[N+](=O)[O-])c1ccc(C=C[N+](=O)[O-])cc1. The number of benzene rings is 2. The number of ether oxygens (including phenoxy) is 1. The summed E-state index contributed by atoms with van der Waals surface area (Å²) in [5.41, 5.74) is -0.744. The lowest BCUT2D eigenvalue weighted by Crippen LogP contribution is -2.10. The zero-order valence-electron chi connectivity index (χ0n) is 12.8. The molecule has 0 N–H and O–H groups in total. The topological polar surface area (TPSA) is 156 Å². The van der Waals surface area contributed by atoms with Crippen LogP contribution in [0.5, 0.6) is 5.75 Å². The largest absolute Gasteiger partial charge is 0.416 e. The zero-order chi connectivity index (χ0) is 19.3. The number of nitro groups is 3. The van der Waals surface area contributed by atoms with Crippen LogP contribution in [0.4, 0.5) is 11.4 Å². The molecule has 26 heavy (non-hydrogen) atoms. The first-order valence-corrected chi connectivity index (χ1v) is 6.84. The number of hydrogen-bond acceptors (Lipinski definition) is 8. The molecule has 11 nitrogen and oxygen atoms in total. The first-order valence-electron chi connectivity index (χ1n) is 6.84. The highest BCUT2D eigenvalue weighted by Gasteiger charge is 2.23. The molecule has 0 saturated carbocycles. The van der Waals surface area contributed by atoms with Crippen LogP contribution in [-0.2, 0) is 0 Å². The van der Waals surface area contributed by atoms with E-state index in [1.54, 1.807) is 0 Å². The molecule has 0 radical (unpaired) electrons. The minimum atomic E-state index is -0.924. The third-order valence-corrected chi connectivity index (χ3v) is 3.09. The van der Waals surface area contributed by atoms with E-state index in [-0.39, 0.29) is 5.56 Å². The van der Waals surface area contributed by atoms with E-state index >= 15 is 0 Å². The van der Waals surface area contributed by atoms with Gasteiger partial charge >= 0.3 is 11.7 Å². The van der Waals surface area contributed by atoms with E-state index in [1.807, 2.05) is 0 Å². The van der Waals surface area contributed by atoms with Crippen LogP contribution in [0, 0.1) is 30.3 Å². The average molecular weight is 359 g/mol. The van der Waals surface area contributed by atoms with Gasteiger partial charge in [-0.2, -0.15) is 0 Å². The Balaban J connectivity index is 2.23. The van der Waals surface area contributed by atoms with Gasteiger partial charge in [-0.3, -0.25) is 30.3 Å². The summed E-state index contributed by atoms with van der Waals surface area (Å²) in [6.07, 6.45) is 1.95. The minimum absolute atomic E-state index is 0.0379. The lowest BCUT2D eigenvalue weighted by molar-refractivity contribution is -0.400. The van der Waals surface area contributed by atoms with Crippen LogP contribution in [0.1, 0.15) is 15.9 Å². The number of carbonyl (C=O) groups is 1. The molecule has 0 heterocycles. The van der Waals surface area contributed by atoms with Crippen molar-refractivity contribution >= 4 is 23.4 Å². The normalized spacial score (nSPS) is 10.5. The van der Waals surface area contributed by atoms with Crippen molar-refractivity contribution in [2.45, 2.75) is 0 Å². The van der Waals surface area contributed by atoms with Crippen LogP contribution in [0.3, 0.4) is 0 Å². The Morgan fingerprint density at radius 1 is 0.923 bits per heavy atom. The number of nitro benzene ring substituents is 2. The Kier molecular flexibility index (Phi) is 5.33. The van der Waals surface area contributed by atoms with Crippen molar-refractivity contribution in [1.29, 1.82) is 0 Å².